The quantitative estimate of drug-likeness (QED) is 0.768. The van der Waals surface area contributed by atoms with E-state index < -0.39 is 5.97 Å². The van der Waals surface area contributed by atoms with Gasteiger partial charge in [-0.25, -0.2) is 4.79 Å². The lowest BCUT2D eigenvalue weighted by Gasteiger charge is -2.32. The predicted molar refractivity (Wildman–Crippen MR) is 96.7 cm³/mol. The van der Waals surface area contributed by atoms with Crippen molar-refractivity contribution in [1.29, 1.82) is 0 Å². The van der Waals surface area contributed by atoms with Crippen molar-refractivity contribution in [3.63, 3.8) is 0 Å². The number of hydrogen-bond donors (Lipinski definition) is 3. The Bertz CT molecular complexity index is 664. The van der Waals surface area contributed by atoms with E-state index >= 15 is 0 Å². The summed E-state index contributed by atoms with van der Waals surface area (Å²) in [5, 5.41) is 14.9. The summed E-state index contributed by atoms with van der Waals surface area (Å²) in [6, 6.07) is 8.98. The second-order valence-electron chi connectivity index (χ2n) is 7.14. The van der Waals surface area contributed by atoms with E-state index in [1.165, 1.54) is 0 Å². The molecule has 0 bridgehead atoms. The van der Waals surface area contributed by atoms with Gasteiger partial charge in [-0.2, -0.15) is 0 Å². The fraction of sp³-hybridized carbons (Fsp3) is 0.526. The molecule has 1 aromatic rings. The fourth-order valence-corrected chi connectivity index (χ4v) is 3.76. The van der Waals surface area contributed by atoms with Crippen LogP contribution in [-0.2, 0) is 9.59 Å². The molecular formula is C19H25N3O4. The van der Waals surface area contributed by atoms with Gasteiger partial charge in [0.1, 0.15) is 0 Å². The standard InChI is InChI=1S/C19H25N3O4/c23-17(20-16-9-8-13(11-16)18(24)25)14-5-4-10-22(12-14)19(26)21-15-6-2-1-3-7-15/h1-3,6-7,13-14,16H,4-5,8-12H2,(H,20,23)(H,21,26)(H,24,25)/t13-,14?,16+/m1/s1. The first-order valence-electron chi connectivity index (χ1n) is 9.17. The molecule has 3 amide bonds. The van der Waals surface area contributed by atoms with Crippen LogP contribution >= 0.6 is 0 Å². The van der Waals surface area contributed by atoms with Crippen LogP contribution in [0, 0.1) is 11.8 Å². The van der Waals surface area contributed by atoms with E-state index in [-0.39, 0.29) is 29.8 Å². The number of nitrogens with zero attached hydrogens (tertiary/aromatic N) is 1. The molecule has 7 heteroatoms. The summed E-state index contributed by atoms with van der Waals surface area (Å²) in [5.74, 6) is -1.46. The van der Waals surface area contributed by atoms with Crippen LogP contribution in [0.15, 0.2) is 30.3 Å². The SMILES string of the molecule is O=C(N[C@H]1CC[C@@H](C(=O)O)C1)C1CCCN(C(=O)Nc2ccccc2)C1. The highest BCUT2D eigenvalue weighted by Crippen LogP contribution is 2.26. The van der Waals surface area contributed by atoms with E-state index in [2.05, 4.69) is 10.6 Å². The molecule has 7 nitrogen and oxygen atoms in total. The molecule has 1 aromatic carbocycles. The molecule has 0 spiro atoms. The Morgan fingerprint density at radius 1 is 1.04 bits per heavy atom. The van der Waals surface area contributed by atoms with Crippen molar-refractivity contribution in [3.05, 3.63) is 30.3 Å². The number of aliphatic carboxylic acids is 1. The Hall–Kier alpha value is -2.57. The molecule has 26 heavy (non-hydrogen) atoms. The van der Waals surface area contributed by atoms with Gasteiger partial charge in [0.25, 0.3) is 0 Å². The average Bonchev–Trinajstić information content (AvgIpc) is 3.11. The van der Waals surface area contributed by atoms with Gasteiger partial charge in [-0.05, 0) is 44.2 Å². The van der Waals surface area contributed by atoms with Crippen LogP contribution in [0.2, 0.25) is 0 Å². The van der Waals surface area contributed by atoms with Gasteiger partial charge in [-0.15, -0.1) is 0 Å². The number of benzene rings is 1. The number of para-hydroxylation sites is 1. The number of carbonyl (C=O) groups excluding carboxylic acids is 2. The van der Waals surface area contributed by atoms with Gasteiger partial charge in [0.05, 0.1) is 11.8 Å². The monoisotopic (exact) mass is 359 g/mol. The van der Waals surface area contributed by atoms with Gasteiger partial charge >= 0.3 is 12.0 Å². The number of piperidine rings is 1. The summed E-state index contributed by atoms with van der Waals surface area (Å²) in [7, 11) is 0. The van der Waals surface area contributed by atoms with Gasteiger partial charge in [0.15, 0.2) is 0 Å². The Morgan fingerprint density at radius 2 is 1.81 bits per heavy atom. The van der Waals surface area contributed by atoms with Crippen molar-refractivity contribution < 1.29 is 19.5 Å². The summed E-state index contributed by atoms with van der Waals surface area (Å²) >= 11 is 0. The van der Waals surface area contributed by atoms with Crippen LogP contribution in [0.1, 0.15) is 32.1 Å². The third kappa shape index (κ3) is 4.53. The molecule has 0 aromatic heterocycles. The maximum Gasteiger partial charge on any atom is 0.321 e. The molecule has 1 saturated carbocycles. The van der Waals surface area contributed by atoms with Crippen molar-refractivity contribution in [3.8, 4) is 0 Å². The maximum atomic E-state index is 12.5. The van der Waals surface area contributed by atoms with Gasteiger partial charge < -0.3 is 20.6 Å². The first kappa shape index (κ1) is 18.2. The smallest absolute Gasteiger partial charge is 0.321 e. The Labute approximate surface area is 152 Å². The third-order valence-corrected chi connectivity index (χ3v) is 5.23. The summed E-state index contributed by atoms with van der Waals surface area (Å²) in [6.45, 7) is 1.02. The summed E-state index contributed by atoms with van der Waals surface area (Å²) in [4.78, 5) is 37.7. The molecule has 3 atom stereocenters. The van der Waals surface area contributed by atoms with Crippen LogP contribution in [0.25, 0.3) is 0 Å². The molecule has 2 aliphatic rings. The Kier molecular flexibility index (Phi) is 5.75. The predicted octanol–water partition coefficient (Wildman–Crippen LogP) is 2.30. The fourth-order valence-electron chi connectivity index (χ4n) is 3.76. The summed E-state index contributed by atoms with van der Waals surface area (Å²) < 4.78 is 0. The normalized spacial score (nSPS) is 25.5. The van der Waals surface area contributed by atoms with Gasteiger partial charge in [0.2, 0.25) is 5.91 Å². The van der Waals surface area contributed by atoms with Gasteiger partial charge in [-0.1, -0.05) is 18.2 Å². The van der Waals surface area contributed by atoms with Crippen molar-refractivity contribution >= 4 is 23.6 Å². The van der Waals surface area contributed by atoms with Crippen LogP contribution in [0.3, 0.4) is 0 Å². The second-order valence-corrected chi connectivity index (χ2v) is 7.14. The zero-order valence-corrected chi connectivity index (χ0v) is 14.7. The third-order valence-electron chi connectivity index (χ3n) is 5.23. The minimum Gasteiger partial charge on any atom is -0.481 e. The number of carboxylic acid groups (broad SMARTS) is 1. The molecule has 1 saturated heterocycles. The van der Waals surface area contributed by atoms with E-state index in [1.807, 2.05) is 30.3 Å². The number of likely N-dealkylation sites (tertiary alicyclic amines) is 1. The van der Waals surface area contributed by atoms with E-state index in [0.717, 1.165) is 18.5 Å². The van der Waals surface area contributed by atoms with Gasteiger partial charge in [-0.3, -0.25) is 9.59 Å². The number of anilines is 1. The molecule has 3 N–H and O–H groups in total. The van der Waals surface area contributed by atoms with E-state index in [4.69, 9.17) is 5.11 Å². The zero-order chi connectivity index (χ0) is 18.5. The summed E-state index contributed by atoms with van der Waals surface area (Å²) in [5.41, 5.74) is 0.731. The largest absolute Gasteiger partial charge is 0.481 e. The molecule has 1 aliphatic heterocycles. The van der Waals surface area contributed by atoms with E-state index in [0.29, 0.717) is 32.4 Å². The van der Waals surface area contributed by atoms with Crippen molar-refractivity contribution in [1.82, 2.24) is 10.2 Å². The minimum absolute atomic E-state index is 0.0711. The lowest BCUT2D eigenvalue weighted by atomic mass is 9.97. The first-order chi connectivity index (χ1) is 12.5. The van der Waals surface area contributed by atoms with E-state index in [9.17, 15) is 14.4 Å². The number of rotatable bonds is 4. The number of amides is 3. The molecule has 2 fully saturated rings. The number of carboxylic acids is 1. The molecule has 1 heterocycles. The molecule has 1 aliphatic carbocycles. The number of nitrogens with one attached hydrogen (secondary N) is 2. The highest BCUT2D eigenvalue weighted by molar-refractivity contribution is 5.90. The van der Waals surface area contributed by atoms with Crippen molar-refractivity contribution in [2.24, 2.45) is 11.8 Å². The van der Waals surface area contributed by atoms with E-state index in [1.54, 1.807) is 4.90 Å². The van der Waals surface area contributed by atoms with Crippen LogP contribution < -0.4 is 10.6 Å². The summed E-state index contributed by atoms with van der Waals surface area (Å²) in [6.07, 6.45) is 3.33. The Balaban J connectivity index is 1.50. The second kappa shape index (κ2) is 8.21. The lowest BCUT2D eigenvalue weighted by molar-refractivity contribution is -0.141. The zero-order valence-electron chi connectivity index (χ0n) is 14.7. The topological polar surface area (TPSA) is 98.7 Å². The minimum atomic E-state index is -0.789. The van der Waals surface area contributed by atoms with Crippen molar-refractivity contribution in [2.45, 2.75) is 38.1 Å². The Morgan fingerprint density at radius 3 is 2.50 bits per heavy atom. The molecule has 1 unspecified atom stereocenters. The number of hydrogen-bond acceptors (Lipinski definition) is 3. The molecular weight excluding hydrogens is 334 g/mol. The number of carbonyl (C=O) groups is 3. The highest BCUT2D eigenvalue weighted by atomic mass is 16.4. The van der Waals surface area contributed by atoms with Gasteiger partial charge in [0, 0.05) is 24.8 Å². The lowest BCUT2D eigenvalue weighted by Crippen LogP contribution is -2.48. The molecule has 0 radical (unpaired) electrons. The maximum absolute atomic E-state index is 12.5. The number of urea groups is 1. The van der Waals surface area contributed by atoms with Crippen LogP contribution in [0.4, 0.5) is 10.5 Å². The molecule has 3 rings (SSSR count). The molecule has 140 valence electrons. The average molecular weight is 359 g/mol. The van der Waals surface area contributed by atoms with Crippen LogP contribution in [-0.4, -0.2) is 47.0 Å². The van der Waals surface area contributed by atoms with Crippen molar-refractivity contribution in [2.75, 3.05) is 18.4 Å². The highest BCUT2D eigenvalue weighted by Gasteiger charge is 2.33. The van der Waals surface area contributed by atoms with Crippen LogP contribution in [0.5, 0.6) is 0 Å². The first-order valence-corrected chi connectivity index (χ1v) is 9.17.